The van der Waals surface area contributed by atoms with Crippen LogP contribution in [0.25, 0.3) is 10.9 Å². The van der Waals surface area contributed by atoms with Crippen LogP contribution in [0.3, 0.4) is 0 Å². The molecule has 0 aliphatic carbocycles. The Morgan fingerprint density at radius 2 is 2.19 bits per heavy atom. The van der Waals surface area contributed by atoms with Gasteiger partial charge in [0.15, 0.2) is 0 Å². The molecule has 1 unspecified atom stereocenters. The third kappa shape index (κ3) is 3.19. The van der Waals surface area contributed by atoms with Crippen molar-refractivity contribution in [3.8, 4) is 5.75 Å². The van der Waals surface area contributed by atoms with Gasteiger partial charge in [-0.2, -0.15) is 0 Å². The minimum Gasteiger partial charge on any atom is -0.497 e. The minimum atomic E-state index is 0.0266. The molecular weight excluding hydrogens is 344 g/mol. The van der Waals surface area contributed by atoms with E-state index >= 15 is 0 Å². The molecule has 1 amide bonds. The SMILES string of the molecule is COCc1ncc(C)n1C1CCN(C(=O)c2cc3ccc(OC)cc3[nH]2)C1. The van der Waals surface area contributed by atoms with Crippen LogP contribution in [0.2, 0.25) is 0 Å². The average molecular weight is 368 g/mol. The Labute approximate surface area is 157 Å². The van der Waals surface area contributed by atoms with Gasteiger partial charge in [-0.3, -0.25) is 4.79 Å². The number of rotatable bonds is 5. The van der Waals surface area contributed by atoms with Gasteiger partial charge in [0.2, 0.25) is 0 Å². The van der Waals surface area contributed by atoms with E-state index in [1.165, 1.54) is 0 Å². The molecule has 27 heavy (non-hydrogen) atoms. The maximum absolute atomic E-state index is 13.0. The van der Waals surface area contributed by atoms with E-state index in [2.05, 4.69) is 14.5 Å². The number of carbonyl (C=O) groups excluding carboxylic acids is 1. The summed E-state index contributed by atoms with van der Waals surface area (Å²) in [7, 11) is 3.31. The number of carbonyl (C=O) groups is 1. The number of ether oxygens (including phenoxy) is 2. The van der Waals surface area contributed by atoms with Gasteiger partial charge in [0.1, 0.15) is 23.9 Å². The lowest BCUT2D eigenvalue weighted by atomic mass is 10.2. The fourth-order valence-electron chi connectivity index (χ4n) is 3.89. The molecule has 1 saturated heterocycles. The van der Waals surface area contributed by atoms with Gasteiger partial charge in [-0.05, 0) is 31.5 Å². The van der Waals surface area contributed by atoms with Crippen molar-refractivity contribution in [1.29, 1.82) is 0 Å². The maximum Gasteiger partial charge on any atom is 0.270 e. The van der Waals surface area contributed by atoms with E-state index in [9.17, 15) is 4.79 Å². The van der Waals surface area contributed by atoms with Gasteiger partial charge >= 0.3 is 0 Å². The number of methoxy groups -OCH3 is 2. The second kappa shape index (κ2) is 7.08. The summed E-state index contributed by atoms with van der Waals surface area (Å²) < 4.78 is 12.7. The van der Waals surface area contributed by atoms with E-state index < -0.39 is 0 Å². The average Bonchev–Trinajstić information content (AvgIpc) is 3.39. The first kappa shape index (κ1) is 17.6. The van der Waals surface area contributed by atoms with Crippen LogP contribution in [0.5, 0.6) is 5.75 Å². The van der Waals surface area contributed by atoms with Gasteiger partial charge in [-0.1, -0.05) is 0 Å². The summed E-state index contributed by atoms with van der Waals surface area (Å²) in [6, 6.07) is 7.90. The zero-order chi connectivity index (χ0) is 19.0. The highest BCUT2D eigenvalue weighted by Gasteiger charge is 2.30. The lowest BCUT2D eigenvalue weighted by molar-refractivity contribution is 0.0782. The molecule has 1 aliphatic heterocycles. The Bertz CT molecular complexity index is 975. The van der Waals surface area contributed by atoms with E-state index in [-0.39, 0.29) is 11.9 Å². The molecule has 1 aromatic carbocycles. The standard InChI is InChI=1S/C20H24N4O3/c1-13-10-21-19(12-26-2)24(13)15-6-7-23(11-15)20(25)18-8-14-4-5-16(27-3)9-17(14)22-18/h4-5,8-10,15,22H,6-7,11-12H2,1-3H3. The van der Waals surface area contributed by atoms with Gasteiger partial charge in [-0.15, -0.1) is 0 Å². The van der Waals surface area contributed by atoms with Crippen molar-refractivity contribution in [2.24, 2.45) is 0 Å². The molecule has 0 spiro atoms. The zero-order valence-corrected chi connectivity index (χ0v) is 15.9. The smallest absolute Gasteiger partial charge is 0.270 e. The van der Waals surface area contributed by atoms with Gasteiger partial charge < -0.3 is 23.9 Å². The topological polar surface area (TPSA) is 72.4 Å². The van der Waals surface area contributed by atoms with Crippen molar-refractivity contribution >= 4 is 16.8 Å². The van der Waals surface area contributed by atoms with Crippen molar-refractivity contribution in [1.82, 2.24) is 19.4 Å². The molecule has 0 radical (unpaired) electrons. The molecule has 4 rings (SSSR count). The summed E-state index contributed by atoms with van der Waals surface area (Å²) in [4.78, 5) is 22.6. The Kier molecular flexibility index (Phi) is 4.61. The first-order valence-corrected chi connectivity index (χ1v) is 9.08. The monoisotopic (exact) mass is 368 g/mol. The van der Waals surface area contributed by atoms with Gasteiger partial charge in [0.25, 0.3) is 5.91 Å². The van der Waals surface area contributed by atoms with E-state index in [4.69, 9.17) is 9.47 Å². The number of nitrogens with zero attached hydrogens (tertiary/aromatic N) is 3. The number of fused-ring (bicyclic) bond motifs is 1. The third-order valence-electron chi connectivity index (χ3n) is 5.21. The van der Waals surface area contributed by atoms with Crippen molar-refractivity contribution < 1.29 is 14.3 Å². The number of aryl methyl sites for hydroxylation is 1. The number of aromatic nitrogens is 3. The maximum atomic E-state index is 13.0. The number of benzene rings is 1. The van der Waals surface area contributed by atoms with Crippen molar-refractivity contribution in [3.05, 3.63) is 47.7 Å². The molecule has 7 heteroatoms. The molecule has 7 nitrogen and oxygen atoms in total. The number of amides is 1. The number of H-pyrrole nitrogens is 1. The molecule has 1 atom stereocenters. The van der Waals surface area contributed by atoms with Crippen LogP contribution < -0.4 is 4.74 Å². The summed E-state index contributed by atoms with van der Waals surface area (Å²) >= 11 is 0. The second-order valence-electron chi connectivity index (χ2n) is 6.95. The van der Waals surface area contributed by atoms with E-state index in [0.717, 1.165) is 41.1 Å². The van der Waals surface area contributed by atoms with E-state index in [1.807, 2.05) is 42.3 Å². The highest BCUT2D eigenvalue weighted by Crippen LogP contribution is 2.27. The molecule has 1 fully saturated rings. The Morgan fingerprint density at radius 1 is 1.33 bits per heavy atom. The molecule has 3 aromatic rings. The first-order valence-electron chi connectivity index (χ1n) is 9.08. The molecule has 2 aromatic heterocycles. The van der Waals surface area contributed by atoms with Crippen LogP contribution in [0.15, 0.2) is 30.5 Å². The predicted molar refractivity (Wildman–Crippen MR) is 102 cm³/mol. The van der Waals surface area contributed by atoms with Crippen LogP contribution >= 0.6 is 0 Å². The number of aromatic amines is 1. The quantitative estimate of drug-likeness (QED) is 0.752. The number of nitrogens with one attached hydrogen (secondary N) is 1. The van der Waals surface area contributed by atoms with Crippen molar-refractivity contribution in [3.63, 3.8) is 0 Å². The molecule has 142 valence electrons. The number of hydrogen-bond donors (Lipinski definition) is 1. The van der Waals surface area contributed by atoms with Crippen LogP contribution in [0.1, 0.15) is 34.5 Å². The molecule has 3 heterocycles. The number of imidazole rings is 1. The van der Waals surface area contributed by atoms with Gasteiger partial charge in [0.05, 0.1) is 13.2 Å². The largest absolute Gasteiger partial charge is 0.497 e. The third-order valence-corrected chi connectivity index (χ3v) is 5.21. The summed E-state index contributed by atoms with van der Waals surface area (Å²) in [5, 5.41) is 1.00. The Balaban J connectivity index is 1.53. The van der Waals surface area contributed by atoms with E-state index in [0.29, 0.717) is 18.8 Å². The van der Waals surface area contributed by atoms with Crippen LogP contribution in [-0.4, -0.2) is 52.7 Å². The second-order valence-corrected chi connectivity index (χ2v) is 6.95. The fraction of sp³-hybridized carbons (Fsp3) is 0.400. The minimum absolute atomic E-state index is 0.0266. The Morgan fingerprint density at radius 3 is 2.96 bits per heavy atom. The number of likely N-dealkylation sites (tertiary alicyclic amines) is 1. The van der Waals surface area contributed by atoms with Crippen molar-refractivity contribution in [2.75, 3.05) is 27.3 Å². The first-order chi connectivity index (χ1) is 13.1. The van der Waals surface area contributed by atoms with Gasteiger partial charge in [0, 0.05) is 49.1 Å². The highest BCUT2D eigenvalue weighted by molar-refractivity contribution is 5.98. The summed E-state index contributed by atoms with van der Waals surface area (Å²) in [5.74, 6) is 1.71. The highest BCUT2D eigenvalue weighted by atomic mass is 16.5. The summed E-state index contributed by atoms with van der Waals surface area (Å²) in [5.41, 5.74) is 2.61. The van der Waals surface area contributed by atoms with Crippen LogP contribution in [0, 0.1) is 6.92 Å². The van der Waals surface area contributed by atoms with Crippen molar-refractivity contribution in [2.45, 2.75) is 26.0 Å². The molecule has 1 N–H and O–H groups in total. The predicted octanol–water partition coefficient (Wildman–Crippen LogP) is 2.92. The van der Waals surface area contributed by atoms with Crippen LogP contribution in [-0.2, 0) is 11.3 Å². The lowest BCUT2D eigenvalue weighted by Crippen LogP contribution is -2.29. The van der Waals surface area contributed by atoms with Crippen LogP contribution in [0.4, 0.5) is 0 Å². The normalized spacial score (nSPS) is 17.0. The molecule has 1 aliphatic rings. The van der Waals surface area contributed by atoms with Gasteiger partial charge in [-0.25, -0.2) is 4.98 Å². The molecule has 0 saturated carbocycles. The van der Waals surface area contributed by atoms with E-state index in [1.54, 1.807) is 14.2 Å². The fourth-order valence-corrected chi connectivity index (χ4v) is 3.89. The summed E-state index contributed by atoms with van der Waals surface area (Å²) in [6.07, 6.45) is 2.78. The number of hydrogen-bond acceptors (Lipinski definition) is 4. The Hall–Kier alpha value is -2.80. The molecular formula is C20H24N4O3. The lowest BCUT2D eigenvalue weighted by Gasteiger charge is -2.19. The zero-order valence-electron chi connectivity index (χ0n) is 15.9. The summed E-state index contributed by atoms with van der Waals surface area (Å²) in [6.45, 7) is 3.92. The molecule has 0 bridgehead atoms.